The van der Waals surface area contributed by atoms with E-state index < -0.39 is 0 Å². The van der Waals surface area contributed by atoms with Crippen LogP contribution >= 0.6 is 23.1 Å². The molecule has 0 unspecified atom stereocenters. The van der Waals surface area contributed by atoms with Crippen LogP contribution < -0.4 is 15.4 Å². The number of thioether (sulfide) groups is 1. The molecular weight excluding hydrogens is 467 g/mol. The van der Waals surface area contributed by atoms with Gasteiger partial charge in [-0.1, -0.05) is 23.1 Å². The van der Waals surface area contributed by atoms with Gasteiger partial charge in [0.15, 0.2) is 10.3 Å². The van der Waals surface area contributed by atoms with Gasteiger partial charge in [-0.2, -0.15) is 0 Å². The molecule has 4 aromatic rings. The molecule has 0 radical (unpaired) electrons. The first-order valence-corrected chi connectivity index (χ1v) is 11.5. The molecule has 2 heterocycles. The zero-order valence-corrected chi connectivity index (χ0v) is 19.3. The van der Waals surface area contributed by atoms with E-state index in [0.717, 1.165) is 16.0 Å². The highest BCUT2D eigenvalue weighted by molar-refractivity contribution is 7.99. The van der Waals surface area contributed by atoms with Crippen LogP contribution in [-0.2, 0) is 23.1 Å². The zero-order valence-electron chi connectivity index (χ0n) is 17.7. The fraction of sp³-hybridized carbons (Fsp3) is 0.190. The summed E-state index contributed by atoms with van der Waals surface area (Å²) in [5.41, 5.74) is 1.27. The van der Waals surface area contributed by atoms with Crippen LogP contribution in [0.2, 0.25) is 0 Å². The van der Waals surface area contributed by atoms with Gasteiger partial charge in [0.05, 0.1) is 29.5 Å². The number of nitrogens with one attached hydrogen (secondary N) is 2. The number of anilines is 2. The Hall–Kier alpha value is -3.51. The second-order valence-electron chi connectivity index (χ2n) is 6.88. The van der Waals surface area contributed by atoms with E-state index in [4.69, 9.17) is 4.74 Å². The maximum Gasteiger partial charge on any atom is 0.236 e. The van der Waals surface area contributed by atoms with Crippen molar-refractivity contribution < 1.29 is 18.7 Å². The summed E-state index contributed by atoms with van der Waals surface area (Å²) in [5, 5.41) is 14.6. The highest BCUT2D eigenvalue weighted by Crippen LogP contribution is 2.29. The lowest BCUT2D eigenvalue weighted by Crippen LogP contribution is -2.17. The van der Waals surface area contributed by atoms with Gasteiger partial charge in [0.25, 0.3) is 0 Å². The van der Waals surface area contributed by atoms with E-state index in [1.807, 2.05) is 18.2 Å². The van der Waals surface area contributed by atoms with Gasteiger partial charge >= 0.3 is 0 Å². The molecule has 0 spiro atoms. The lowest BCUT2D eigenvalue weighted by atomic mass is 10.3. The molecule has 0 saturated carbocycles. The van der Waals surface area contributed by atoms with Gasteiger partial charge in [-0.15, -0.1) is 10.2 Å². The van der Waals surface area contributed by atoms with Crippen molar-refractivity contribution in [3.05, 3.63) is 54.1 Å². The average Bonchev–Trinajstić information content (AvgIpc) is 3.35. The quantitative estimate of drug-likeness (QED) is 0.367. The largest absolute Gasteiger partial charge is 0.497 e. The van der Waals surface area contributed by atoms with Crippen molar-refractivity contribution >= 4 is 55.9 Å². The minimum absolute atomic E-state index is 0.0111. The number of benzene rings is 2. The molecule has 12 heteroatoms. The lowest BCUT2D eigenvalue weighted by Gasteiger charge is -2.06. The van der Waals surface area contributed by atoms with Crippen molar-refractivity contribution in [2.45, 2.75) is 11.6 Å². The molecule has 0 atom stereocenters. The topological polar surface area (TPSA) is 111 Å². The number of carbonyl (C=O) groups is 2. The first kappa shape index (κ1) is 22.7. The van der Waals surface area contributed by atoms with Crippen LogP contribution in [0.5, 0.6) is 5.75 Å². The molecule has 4 rings (SSSR count). The number of amides is 2. The van der Waals surface area contributed by atoms with Gasteiger partial charge in [0.2, 0.25) is 11.8 Å². The van der Waals surface area contributed by atoms with Crippen molar-refractivity contribution in [3.63, 3.8) is 0 Å². The minimum Gasteiger partial charge on any atom is -0.497 e. The first-order valence-electron chi connectivity index (χ1n) is 9.72. The molecule has 0 aliphatic heterocycles. The van der Waals surface area contributed by atoms with Crippen LogP contribution in [0.1, 0.15) is 5.82 Å². The molecule has 0 saturated heterocycles. The fourth-order valence-electron chi connectivity index (χ4n) is 2.88. The van der Waals surface area contributed by atoms with E-state index in [1.54, 1.807) is 18.7 Å². The van der Waals surface area contributed by atoms with Crippen LogP contribution in [-0.4, -0.2) is 44.4 Å². The summed E-state index contributed by atoms with van der Waals surface area (Å²) in [7, 11) is 3.32. The number of carbonyl (C=O) groups excluding carboxylic acids is 2. The Kier molecular flexibility index (Phi) is 6.84. The van der Waals surface area contributed by atoms with Gasteiger partial charge in [0.1, 0.15) is 17.4 Å². The van der Waals surface area contributed by atoms with E-state index in [1.165, 1.54) is 47.4 Å². The van der Waals surface area contributed by atoms with Crippen molar-refractivity contribution in [1.82, 2.24) is 19.7 Å². The SMILES string of the molecule is COc1ccc2nc(NC(=O)CSc3nnc(CC(=O)Nc4ccc(F)cc4)n3C)sc2c1. The summed E-state index contributed by atoms with van der Waals surface area (Å²) >= 11 is 2.56. The Morgan fingerprint density at radius 3 is 2.67 bits per heavy atom. The summed E-state index contributed by atoms with van der Waals surface area (Å²) in [5.74, 6) is 0.355. The number of thiazole rings is 1. The van der Waals surface area contributed by atoms with Crippen LogP contribution in [0.25, 0.3) is 10.2 Å². The summed E-state index contributed by atoms with van der Waals surface area (Å²) in [4.78, 5) is 29.0. The Morgan fingerprint density at radius 1 is 1.12 bits per heavy atom. The van der Waals surface area contributed by atoms with E-state index in [2.05, 4.69) is 25.8 Å². The number of halogens is 1. The van der Waals surface area contributed by atoms with Crippen LogP contribution in [0, 0.1) is 5.82 Å². The van der Waals surface area contributed by atoms with Crippen molar-refractivity contribution in [2.24, 2.45) is 7.05 Å². The highest BCUT2D eigenvalue weighted by Gasteiger charge is 2.15. The average molecular weight is 487 g/mol. The van der Waals surface area contributed by atoms with E-state index in [9.17, 15) is 14.0 Å². The summed E-state index contributed by atoms with van der Waals surface area (Å²) in [6, 6.07) is 11.0. The molecule has 2 aromatic heterocycles. The normalized spacial score (nSPS) is 10.9. The second-order valence-corrected chi connectivity index (χ2v) is 8.85. The van der Waals surface area contributed by atoms with Crippen molar-refractivity contribution in [2.75, 3.05) is 23.5 Å². The van der Waals surface area contributed by atoms with Crippen LogP contribution in [0.3, 0.4) is 0 Å². The fourth-order valence-corrected chi connectivity index (χ4v) is 4.52. The predicted molar refractivity (Wildman–Crippen MR) is 125 cm³/mol. The van der Waals surface area contributed by atoms with Gasteiger partial charge in [0, 0.05) is 12.7 Å². The number of ether oxygens (including phenoxy) is 1. The third-order valence-corrected chi connectivity index (χ3v) is 6.50. The van der Waals surface area contributed by atoms with Crippen molar-refractivity contribution in [1.29, 1.82) is 0 Å². The smallest absolute Gasteiger partial charge is 0.236 e. The standard InChI is InChI=1S/C21H19FN6O3S2/c1-28-17(10-18(29)23-13-5-3-12(22)4-6-13)26-27-21(28)32-11-19(30)25-20-24-15-8-7-14(31-2)9-16(15)33-20/h3-9H,10-11H2,1-2H3,(H,23,29)(H,24,25,30). The first-order chi connectivity index (χ1) is 15.9. The van der Waals surface area contributed by atoms with E-state index in [-0.39, 0.29) is 29.8 Å². The Morgan fingerprint density at radius 2 is 1.91 bits per heavy atom. The number of fused-ring (bicyclic) bond motifs is 1. The second kappa shape index (κ2) is 9.96. The molecule has 9 nitrogen and oxygen atoms in total. The van der Waals surface area contributed by atoms with Gasteiger partial charge < -0.3 is 19.9 Å². The van der Waals surface area contributed by atoms with Crippen LogP contribution in [0.15, 0.2) is 47.6 Å². The van der Waals surface area contributed by atoms with Crippen molar-refractivity contribution in [3.8, 4) is 5.75 Å². The zero-order chi connectivity index (χ0) is 23.4. The molecule has 2 aromatic carbocycles. The predicted octanol–water partition coefficient (Wildman–Crippen LogP) is 3.48. The maximum atomic E-state index is 13.0. The molecule has 0 aliphatic rings. The molecule has 2 amide bonds. The highest BCUT2D eigenvalue weighted by atomic mass is 32.2. The Bertz CT molecular complexity index is 1310. The molecular formula is C21H19FN6O3S2. The number of methoxy groups -OCH3 is 1. The third kappa shape index (κ3) is 5.65. The van der Waals surface area contributed by atoms with Gasteiger partial charge in [-0.05, 0) is 42.5 Å². The number of nitrogens with zero attached hydrogens (tertiary/aromatic N) is 4. The van der Waals surface area contributed by atoms with E-state index >= 15 is 0 Å². The molecule has 2 N–H and O–H groups in total. The molecule has 0 fully saturated rings. The van der Waals surface area contributed by atoms with Gasteiger partial charge in [-0.3, -0.25) is 9.59 Å². The molecule has 170 valence electrons. The monoisotopic (exact) mass is 486 g/mol. The summed E-state index contributed by atoms with van der Waals surface area (Å²) in [6.45, 7) is 0. The number of hydrogen-bond donors (Lipinski definition) is 2. The maximum absolute atomic E-state index is 13.0. The molecule has 33 heavy (non-hydrogen) atoms. The molecule has 0 aliphatic carbocycles. The summed E-state index contributed by atoms with van der Waals surface area (Å²) < 4.78 is 20.8. The summed E-state index contributed by atoms with van der Waals surface area (Å²) in [6.07, 6.45) is -0.0111. The van der Waals surface area contributed by atoms with Gasteiger partial charge in [-0.25, -0.2) is 9.37 Å². The Balaban J connectivity index is 1.31. The Labute approximate surface area is 196 Å². The number of aromatic nitrogens is 4. The minimum atomic E-state index is -0.379. The lowest BCUT2D eigenvalue weighted by molar-refractivity contribution is -0.116. The van der Waals surface area contributed by atoms with E-state index in [0.29, 0.717) is 21.8 Å². The third-order valence-electron chi connectivity index (χ3n) is 4.55. The number of rotatable bonds is 8. The molecule has 0 bridgehead atoms. The van der Waals surface area contributed by atoms with Crippen LogP contribution in [0.4, 0.5) is 15.2 Å². The number of hydrogen-bond acceptors (Lipinski definition) is 8.